The van der Waals surface area contributed by atoms with Crippen molar-refractivity contribution in [1.82, 2.24) is 24.8 Å². The molecule has 4 heterocycles. The van der Waals surface area contributed by atoms with Crippen LogP contribution in [0.4, 0.5) is 11.6 Å². The summed E-state index contributed by atoms with van der Waals surface area (Å²) >= 11 is 6.48. The number of pyridine rings is 2. The molecule has 1 aliphatic heterocycles. The molecule has 0 aliphatic carbocycles. The zero-order valence-corrected chi connectivity index (χ0v) is 19.4. The molecule has 2 N–H and O–H groups in total. The number of aliphatic hydroxyl groups is 1. The van der Waals surface area contributed by atoms with Crippen molar-refractivity contribution in [3.05, 3.63) is 59.5 Å². The van der Waals surface area contributed by atoms with Crippen LogP contribution in [0.3, 0.4) is 0 Å². The topological polar surface area (TPSA) is 107 Å². The molecule has 9 nitrogen and oxygen atoms in total. The number of amides is 1. The number of hydrogen-bond donors (Lipinski definition) is 2. The Morgan fingerprint density at radius 1 is 1.12 bits per heavy atom. The molecule has 5 rings (SSSR count). The van der Waals surface area contributed by atoms with Crippen LogP contribution < -0.4 is 10.2 Å². The van der Waals surface area contributed by atoms with Gasteiger partial charge in [-0.2, -0.15) is 0 Å². The third kappa shape index (κ3) is 4.20. The molecule has 0 spiro atoms. The predicted octanol–water partition coefficient (Wildman–Crippen LogP) is 3.04. The highest BCUT2D eigenvalue weighted by Crippen LogP contribution is 2.34. The lowest BCUT2D eigenvalue weighted by atomic mass is 10.0. The Morgan fingerprint density at radius 2 is 1.94 bits per heavy atom. The predicted molar refractivity (Wildman–Crippen MR) is 132 cm³/mol. The molecule has 4 aromatic rings. The first-order chi connectivity index (χ1) is 16.5. The molecule has 1 aliphatic rings. The maximum absolute atomic E-state index is 11.9. The summed E-state index contributed by atoms with van der Waals surface area (Å²) in [6.45, 7) is 3.82. The van der Waals surface area contributed by atoms with Crippen molar-refractivity contribution in [2.45, 2.75) is 13.0 Å². The molecule has 1 atom stereocenters. The van der Waals surface area contributed by atoms with Crippen molar-refractivity contribution >= 4 is 51.1 Å². The first kappa shape index (κ1) is 22.2. The maximum Gasteiger partial charge on any atom is 0.248 e. The van der Waals surface area contributed by atoms with Crippen molar-refractivity contribution < 1.29 is 9.90 Å². The average Bonchev–Trinajstić information content (AvgIpc) is 2.88. The number of nitrogens with zero attached hydrogens (tertiary/aromatic N) is 6. The van der Waals surface area contributed by atoms with Crippen LogP contribution in [0.25, 0.3) is 21.9 Å². The van der Waals surface area contributed by atoms with Crippen LogP contribution in [0.15, 0.2) is 48.9 Å². The minimum absolute atomic E-state index is 0.150. The van der Waals surface area contributed by atoms with Crippen molar-refractivity contribution in [3.63, 3.8) is 0 Å². The van der Waals surface area contributed by atoms with Crippen molar-refractivity contribution in [3.8, 4) is 0 Å². The minimum atomic E-state index is -0.475. The molecular weight excluding hydrogens is 454 g/mol. The molecule has 3 aromatic heterocycles. The van der Waals surface area contributed by atoms with E-state index < -0.39 is 6.61 Å². The third-order valence-corrected chi connectivity index (χ3v) is 6.39. The van der Waals surface area contributed by atoms with Crippen molar-refractivity contribution in [2.24, 2.45) is 0 Å². The summed E-state index contributed by atoms with van der Waals surface area (Å²) in [6.07, 6.45) is 3.25. The second-order valence-corrected chi connectivity index (χ2v) is 8.61. The molecule has 0 saturated carbocycles. The Hall–Kier alpha value is -3.56. The van der Waals surface area contributed by atoms with Crippen LogP contribution in [0.2, 0.25) is 5.02 Å². The highest BCUT2D eigenvalue weighted by molar-refractivity contribution is 6.35. The second-order valence-electron chi connectivity index (χ2n) is 8.20. The van der Waals surface area contributed by atoms with Gasteiger partial charge >= 0.3 is 0 Å². The monoisotopic (exact) mass is 477 g/mol. The smallest absolute Gasteiger partial charge is 0.248 e. The number of hydrogen-bond acceptors (Lipinski definition) is 8. The van der Waals surface area contributed by atoms with Crippen LogP contribution in [-0.2, 0) is 4.79 Å². The summed E-state index contributed by atoms with van der Waals surface area (Å²) in [6, 6.07) is 11.4. The van der Waals surface area contributed by atoms with Crippen LogP contribution in [0.5, 0.6) is 0 Å². The van der Waals surface area contributed by atoms with E-state index in [4.69, 9.17) is 16.6 Å². The highest BCUT2D eigenvalue weighted by atomic mass is 35.5. The summed E-state index contributed by atoms with van der Waals surface area (Å²) < 4.78 is 0. The van der Waals surface area contributed by atoms with Gasteiger partial charge in [-0.25, -0.2) is 15.0 Å². The van der Waals surface area contributed by atoms with Gasteiger partial charge in [-0.3, -0.25) is 9.78 Å². The number of carbonyl (C=O) groups is 1. The fourth-order valence-corrected chi connectivity index (χ4v) is 4.51. The van der Waals surface area contributed by atoms with E-state index in [0.29, 0.717) is 42.5 Å². The molecule has 1 aromatic carbocycles. The van der Waals surface area contributed by atoms with E-state index >= 15 is 0 Å². The summed E-state index contributed by atoms with van der Waals surface area (Å²) in [5.74, 6) is 1.20. The van der Waals surface area contributed by atoms with Crippen molar-refractivity contribution in [1.29, 1.82) is 0 Å². The minimum Gasteiger partial charge on any atom is -0.387 e. The van der Waals surface area contributed by atoms with Gasteiger partial charge in [-0.1, -0.05) is 23.7 Å². The van der Waals surface area contributed by atoms with Gasteiger partial charge in [0.05, 0.1) is 22.1 Å². The Balaban J connectivity index is 1.52. The SMILES string of the molecule is C[C@H](Nc1ncnc2cccnc12)c1cc2cccc(Cl)c2nc1N1CCN(C(=O)CO)CC1. The summed E-state index contributed by atoms with van der Waals surface area (Å²) in [7, 11) is 0. The van der Waals surface area contributed by atoms with Gasteiger partial charge in [0.15, 0.2) is 5.82 Å². The van der Waals surface area contributed by atoms with E-state index in [-0.39, 0.29) is 11.9 Å². The van der Waals surface area contributed by atoms with E-state index in [1.165, 1.54) is 6.33 Å². The number of rotatable bonds is 5. The van der Waals surface area contributed by atoms with Gasteiger partial charge in [0.25, 0.3) is 0 Å². The summed E-state index contributed by atoms with van der Waals surface area (Å²) in [5, 5.41) is 14.2. The number of halogens is 1. The standard InChI is InChI=1S/C24H24ClN7O2/c1-15(29-23-22-19(27-14-28-23)6-3-7-26-22)17-12-16-4-2-5-18(25)21(16)30-24(17)32-10-8-31(9-11-32)20(34)13-33/h2-7,12,14-15,33H,8-11,13H2,1H3,(H,27,28,29)/t15-/m0/s1. The van der Waals surface area contributed by atoms with Gasteiger partial charge < -0.3 is 20.2 Å². The van der Waals surface area contributed by atoms with Gasteiger partial charge in [-0.05, 0) is 31.2 Å². The number of para-hydroxylation sites is 1. The number of carbonyl (C=O) groups excluding carboxylic acids is 1. The normalized spacial score (nSPS) is 15.0. The number of aliphatic hydroxyl groups excluding tert-OH is 1. The van der Waals surface area contributed by atoms with E-state index in [9.17, 15) is 9.90 Å². The second kappa shape index (κ2) is 9.36. The van der Waals surface area contributed by atoms with Crippen LogP contribution in [0.1, 0.15) is 18.5 Å². The van der Waals surface area contributed by atoms with Crippen LogP contribution >= 0.6 is 11.6 Å². The lowest BCUT2D eigenvalue weighted by molar-refractivity contribution is -0.134. The zero-order chi connectivity index (χ0) is 23.7. The molecule has 1 fully saturated rings. The average molecular weight is 478 g/mol. The number of fused-ring (bicyclic) bond motifs is 2. The highest BCUT2D eigenvalue weighted by Gasteiger charge is 2.25. The van der Waals surface area contributed by atoms with E-state index in [2.05, 4.69) is 38.2 Å². The van der Waals surface area contributed by atoms with Crippen LogP contribution in [-0.4, -0.2) is 68.6 Å². The number of nitrogens with one attached hydrogen (secondary N) is 1. The fourth-order valence-electron chi connectivity index (χ4n) is 4.29. The molecule has 174 valence electrons. The van der Waals surface area contributed by atoms with Crippen LogP contribution in [0, 0.1) is 0 Å². The molecule has 34 heavy (non-hydrogen) atoms. The lowest BCUT2D eigenvalue weighted by Crippen LogP contribution is -2.50. The molecular formula is C24H24ClN7O2. The molecule has 1 amide bonds. The number of aromatic nitrogens is 4. The summed E-state index contributed by atoms with van der Waals surface area (Å²) in [4.78, 5) is 33.9. The number of benzene rings is 1. The fraction of sp³-hybridized carbons (Fsp3) is 0.292. The first-order valence-corrected chi connectivity index (χ1v) is 11.5. The molecule has 10 heteroatoms. The molecule has 0 unspecified atom stereocenters. The zero-order valence-electron chi connectivity index (χ0n) is 18.6. The molecule has 1 saturated heterocycles. The quantitative estimate of drug-likeness (QED) is 0.451. The molecule has 0 bridgehead atoms. The van der Waals surface area contributed by atoms with Gasteiger partial charge in [0, 0.05) is 43.3 Å². The van der Waals surface area contributed by atoms with Gasteiger partial charge in [0.2, 0.25) is 5.91 Å². The number of piperazine rings is 1. The Bertz CT molecular complexity index is 1350. The summed E-state index contributed by atoms with van der Waals surface area (Å²) in [5.41, 5.74) is 3.18. The Labute approximate surface area is 201 Å². The third-order valence-electron chi connectivity index (χ3n) is 6.09. The van der Waals surface area contributed by atoms with E-state index in [1.807, 2.05) is 30.3 Å². The number of anilines is 2. The Kier molecular flexibility index (Phi) is 6.12. The lowest BCUT2D eigenvalue weighted by Gasteiger charge is -2.36. The maximum atomic E-state index is 11.9. The van der Waals surface area contributed by atoms with Gasteiger partial charge in [-0.15, -0.1) is 0 Å². The van der Waals surface area contributed by atoms with E-state index in [1.54, 1.807) is 11.1 Å². The Morgan fingerprint density at radius 3 is 2.74 bits per heavy atom. The van der Waals surface area contributed by atoms with Crippen molar-refractivity contribution in [2.75, 3.05) is 43.0 Å². The largest absolute Gasteiger partial charge is 0.387 e. The molecule has 0 radical (unpaired) electrons. The van der Waals surface area contributed by atoms with E-state index in [0.717, 1.165) is 27.8 Å². The van der Waals surface area contributed by atoms with Gasteiger partial charge in [0.1, 0.15) is 24.3 Å². The first-order valence-electron chi connectivity index (χ1n) is 11.1.